The van der Waals surface area contributed by atoms with Crippen LogP contribution in [0.2, 0.25) is 0 Å². The molecule has 0 bridgehead atoms. The average Bonchev–Trinajstić information content (AvgIpc) is 2.47. The first-order valence-corrected chi connectivity index (χ1v) is 9.85. The molecule has 1 heterocycles. The molecule has 1 aromatic rings. The summed E-state index contributed by atoms with van der Waals surface area (Å²) >= 11 is 1.66. The molecular weight excluding hydrogens is 311 g/mol. The molecule has 1 atom stereocenters. The highest BCUT2D eigenvalue weighted by Gasteiger charge is 2.32. The third-order valence-corrected chi connectivity index (χ3v) is 6.98. The van der Waals surface area contributed by atoms with Gasteiger partial charge in [0.15, 0.2) is 9.84 Å². The highest BCUT2D eigenvalue weighted by molar-refractivity contribution is 8.01. The molecule has 0 saturated carbocycles. The van der Waals surface area contributed by atoms with E-state index in [1.165, 1.54) is 12.1 Å². The van der Waals surface area contributed by atoms with Crippen molar-refractivity contribution in [2.45, 2.75) is 25.4 Å². The van der Waals surface area contributed by atoms with Crippen molar-refractivity contribution < 1.29 is 12.8 Å². The van der Waals surface area contributed by atoms with Crippen molar-refractivity contribution in [3.8, 4) is 0 Å². The van der Waals surface area contributed by atoms with Gasteiger partial charge in [-0.25, -0.2) is 12.8 Å². The standard InChI is InChI=1S/C14H21FN2O2S2/c1-2-21(18,19)14-10-20-4-3-17(14)9-12-5-11(8-16)6-13(15)7-12/h5-7,14H,2-4,8-10,16H2,1H3. The van der Waals surface area contributed by atoms with Crippen LogP contribution >= 0.6 is 11.8 Å². The predicted octanol–water partition coefficient (Wildman–Crippen LogP) is 1.59. The fourth-order valence-electron chi connectivity index (χ4n) is 2.48. The molecule has 21 heavy (non-hydrogen) atoms. The normalized spacial score (nSPS) is 20.6. The van der Waals surface area contributed by atoms with Gasteiger partial charge in [0, 0.05) is 36.9 Å². The van der Waals surface area contributed by atoms with Crippen LogP contribution in [0.15, 0.2) is 18.2 Å². The van der Waals surface area contributed by atoms with Crippen LogP contribution in [0.3, 0.4) is 0 Å². The second-order valence-electron chi connectivity index (χ2n) is 5.12. The Labute approximate surface area is 129 Å². The van der Waals surface area contributed by atoms with E-state index in [2.05, 4.69) is 0 Å². The van der Waals surface area contributed by atoms with Crippen LogP contribution in [0.5, 0.6) is 0 Å². The number of halogens is 1. The van der Waals surface area contributed by atoms with Gasteiger partial charge in [0.1, 0.15) is 11.2 Å². The lowest BCUT2D eigenvalue weighted by Crippen LogP contribution is -2.47. The Morgan fingerprint density at radius 1 is 1.38 bits per heavy atom. The molecule has 0 amide bonds. The summed E-state index contributed by atoms with van der Waals surface area (Å²) in [6.07, 6.45) is 0. The van der Waals surface area contributed by atoms with Crippen molar-refractivity contribution in [1.82, 2.24) is 4.90 Å². The number of rotatable bonds is 5. The summed E-state index contributed by atoms with van der Waals surface area (Å²) in [6.45, 7) is 3.08. The quantitative estimate of drug-likeness (QED) is 0.887. The Morgan fingerprint density at radius 3 is 2.76 bits per heavy atom. The SMILES string of the molecule is CCS(=O)(=O)C1CSCCN1Cc1cc(F)cc(CN)c1. The van der Waals surface area contributed by atoms with Gasteiger partial charge in [-0.1, -0.05) is 13.0 Å². The van der Waals surface area contributed by atoms with Crippen molar-refractivity contribution >= 4 is 21.6 Å². The number of benzene rings is 1. The zero-order valence-electron chi connectivity index (χ0n) is 12.1. The van der Waals surface area contributed by atoms with E-state index in [1.54, 1.807) is 18.7 Å². The van der Waals surface area contributed by atoms with Crippen LogP contribution in [-0.4, -0.2) is 42.5 Å². The topological polar surface area (TPSA) is 63.4 Å². The monoisotopic (exact) mass is 332 g/mol. The Hall–Kier alpha value is -0.630. The molecule has 0 aliphatic carbocycles. The third kappa shape index (κ3) is 4.18. The summed E-state index contributed by atoms with van der Waals surface area (Å²) in [5, 5.41) is -0.481. The summed E-state index contributed by atoms with van der Waals surface area (Å²) in [7, 11) is -3.13. The molecule has 1 aromatic carbocycles. The molecule has 1 saturated heterocycles. The zero-order chi connectivity index (χ0) is 15.5. The van der Waals surface area contributed by atoms with Crippen molar-refractivity contribution in [3.63, 3.8) is 0 Å². The van der Waals surface area contributed by atoms with E-state index in [0.29, 0.717) is 18.8 Å². The summed E-state index contributed by atoms with van der Waals surface area (Å²) in [5.41, 5.74) is 7.06. The zero-order valence-corrected chi connectivity index (χ0v) is 13.7. The van der Waals surface area contributed by atoms with Gasteiger partial charge in [-0.2, -0.15) is 11.8 Å². The fraction of sp³-hybridized carbons (Fsp3) is 0.571. The summed E-state index contributed by atoms with van der Waals surface area (Å²) in [5.74, 6) is 1.28. The van der Waals surface area contributed by atoms with Crippen LogP contribution < -0.4 is 5.73 Å². The van der Waals surface area contributed by atoms with Gasteiger partial charge in [0.05, 0.1) is 0 Å². The number of thioether (sulfide) groups is 1. The van der Waals surface area contributed by atoms with Crippen molar-refractivity contribution in [2.75, 3.05) is 23.8 Å². The Morgan fingerprint density at radius 2 is 2.10 bits per heavy atom. The first-order chi connectivity index (χ1) is 9.96. The molecule has 7 heteroatoms. The fourth-order valence-corrected chi connectivity index (χ4v) is 5.56. The molecule has 2 N–H and O–H groups in total. The van der Waals surface area contributed by atoms with E-state index in [1.807, 2.05) is 11.0 Å². The molecule has 1 fully saturated rings. The van der Waals surface area contributed by atoms with Crippen molar-refractivity contribution in [3.05, 3.63) is 35.1 Å². The molecule has 0 radical (unpaired) electrons. The van der Waals surface area contributed by atoms with Gasteiger partial charge in [0.2, 0.25) is 0 Å². The van der Waals surface area contributed by atoms with E-state index < -0.39 is 15.2 Å². The third-order valence-electron chi connectivity index (χ3n) is 3.65. The minimum atomic E-state index is -3.13. The van der Waals surface area contributed by atoms with Gasteiger partial charge in [-0.3, -0.25) is 4.90 Å². The van der Waals surface area contributed by atoms with Crippen LogP contribution in [0, 0.1) is 5.82 Å². The average molecular weight is 332 g/mol. The van der Waals surface area contributed by atoms with Gasteiger partial charge < -0.3 is 5.73 Å². The van der Waals surface area contributed by atoms with E-state index >= 15 is 0 Å². The largest absolute Gasteiger partial charge is 0.326 e. The number of sulfone groups is 1. The Bertz CT molecular complexity index is 593. The van der Waals surface area contributed by atoms with Gasteiger partial charge in [0.25, 0.3) is 0 Å². The molecule has 118 valence electrons. The highest BCUT2D eigenvalue weighted by atomic mass is 32.2. The summed E-state index contributed by atoms with van der Waals surface area (Å²) < 4.78 is 38.0. The molecule has 1 aliphatic heterocycles. The highest BCUT2D eigenvalue weighted by Crippen LogP contribution is 2.24. The second-order valence-corrected chi connectivity index (χ2v) is 8.72. The van der Waals surface area contributed by atoms with Crippen LogP contribution in [0.4, 0.5) is 4.39 Å². The first kappa shape index (κ1) is 16.7. The minimum absolute atomic E-state index is 0.131. The molecule has 0 spiro atoms. The van der Waals surface area contributed by atoms with Gasteiger partial charge >= 0.3 is 0 Å². The Kier molecular flexibility index (Phi) is 5.65. The van der Waals surface area contributed by atoms with E-state index in [-0.39, 0.29) is 18.1 Å². The van der Waals surface area contributed by atoms with Crippen molar-refractivity contribution in [2.24, 2.45) is 5.73 Å². The van der Waals surface area contributed by atoms with E-state index in [0.717, 1.165) is 16.9 Å². The molecular formula is C14H21FN2O2S2. The second kappa shape index (κ2) is 7.09. The van der Waals surface area contributed by atoms with Crippen LogP contribution in [-0.2, 0) is 22.9 Å². The number of nitrogens with two attached hydrogens (primary N) is 1. The predicted molar refractivity (Wildman–Crippen MR) is 85.3 cm³/mol. The number of nitrogens with zero attached hydrogens (tertiary/aromatic N) is 1. The lowest BCUT2D eigenvalue weighted by Gasteiger charge is -2.34. The van der Waals surface area contributed by atoms with Gasteiger partial charge in [-0.05, 0) is 23.3 Å². The van der Waals surface area contributed by atoms with Crippen molar-refractivity contribution in [1.29, 1.82) is 0 Å². The van der Waals surface area contributed by atoms with E-state index in [9.17, 15) is 12.8 Å². The molecule has 1 aliphatic rings. The van der Waals surface area contributed by atoms with Crippen LogP contribution in [0.1, 0.15) is 18.1 Å². The lowest BCUT2D eigenvalue weighted by atomic mass is 10.1. The first-order valence-electron chi connectivity index (χ1n) is 6.98. The maximum atomic E-state index is 13.6. The summed E-state index contributed by atoms with van der Waals surface area (Å²) in [6, 6.07) is 4.72. The minimum Gasteiger partial charge on any atom is -0.326 e. The maximum Gasteiger partial charge on any atom is 0.166 e. The number of hydrogen-bond acceptors (Lipinski definition) is 5. The van der Waals surface area contributed by atoms with Gasteiger partial charge in [-0.15, -0.1) is 0 Å². The molecule has 0 aromatic heterocycles. The van der Waals surface area contributed by atoms with Crippen LogP contribution in [0.25, 0.3) is 0 Å². The molecule has 2 rings (SSSR count). The summed E-state index contributed by atoms with van der Waals surface area (Å²) in [4.78, 5) is 1.93. The maximum absolute atomic E-state index is 13.6. The Balaban J connectivity index is 2.21. The smallest absolute Gasteiger partial charge is 0.166 e. The van der Waals surface area contributed by atoms with E-state index in [4.69, 9.17) is 5.73 Å². The molecule has 4 nitrogen and oxygen atoms in total. The lowest BCUT2D eigenvalue weighted by molar-refractivity contribution is 0.261. The number of hydrogen-bond donors (Lipinski definition) is 1. The molecule has 1 unspecified atom stereocenters.